The van der Waals surface area contributed by atoms with Gasteiger partial charge in [-0.1, -0.05) is 32.1 Å². The van der Waals surface area contributed by atoms with Crippen LogP contribution in [0.3, 0.4) is 0 Å². The van der Waals surface area contributed by atoms with Crippen molar-refractivity contribution in [2.24, 2.45) is 14.1 Å². The molecule has 0 fully saturated rings. The van der Waals surface area contributed by atoms with Crippen molar-refractivity contribution in [3.63, 3.8) is 0 Å². The van der Waals surface area contributed by atoms with Crippen molar-refractivity contribution in [1.29, 1.82) is 0 Å². The van der Waals surface area contributed by atoms with E-state index in [1.807, 2.05) is 0 Å². The number of Topliss-reactive ketones (excluding diaryl/α,β-unsaturated/α-hetero) is 1. The van der Waals surface area contributed by atoms with Crippen LogP contribution in [-0.2, 0) is 25.4 Å². The summed E-state index contributed by atoms with van der Waals surface area (Å²) in [5.74, 6) is 0.229. The van der Waals surface area contributed by atoms with Gasteiger partial charge < -0.3 is 4.57 Å². The van der Waals surface area contributed by atoms with E-state index in [0.717, 1.165) is 44.9 Å². The lowest BCUT2D eigenvalue weighted by molar-refractivity contribution is -0.116. The number of carbonyl (C=O) groups excluding carboxylic acids is 1. The highest BCUT2D eigenvalue weighted by molar-refractivity contribution is 6.27. The van der Waals surface area contributed by atoms with Crippen LogP contribution in [0.1, 0.15) is 51.4 Å². The van der Waals surface area contributed by atoms with E-state index in [1.165, 1.54) is 9.13 Å². The van der Waals surface area contributed by atoms with Crippen molar-refractivity contribution in [3.05, 3.63) is 27.2 Å². The number of aromatic nitrogens is 4. The Labute approximate surface area is 157 Å². The van der Waals surface area contributed by atoms with Gasteiger partial charge in [0.05, 0.1) is 12.2 Å². The first-order valence-corrected chi connectivity index (χ1v) is 9.69. The second-order valence-electron chi connectivity index (χ2n) is 6.72. The van der Waals surface area contributed by atoms with Crippen LogP contribution in [0.5, 0.6) is 0 Å². The molecule has 0 aliphatic heterocycles. The summed E-state index contributed by atoms with van der Waals surface area (Å²) in [4.78, 5) is 40.1. The van der Waals surface area contributed by atoms with Crippen LogP contribution in [0.25, 0.3) is 11.2 Å². The average Bonchev–Trinajstić information content (AvgIpc) is 3.02. The minimum atomic E-state index is -0.315. The summed E-state index contributed by atoms with van der Waals surface area (Å²) in [6, 6.07) is 0. The van der Waals surface area contributed by atoms with Gasteiger partial charge in [0.25, 0.3) is 5.56 Å². The monoisotopic (exact) mass is 382 g/mol. The van der Waals surface area contributed by atoms with Gasteiger partial charge in [0.2, 0.25) is 0 Å². The summed E-state index contributed by atoms with van der Waals surface area (Å²) in [5.41, 5.74) is 0.294. The SMILES string of the molecule is Cn1cnc2c1c(=O)n(CCCCCCCCCC(=O)CCl)c(=O)n2C. The van der Waals surface area contributed by atoms with Gasteiger partial charge in [-0.05, 0) is 12.8 Å². The molecule has 0 radical (unpaired) electrons. The van der Waals surface area contributed by atoms with Gasteiger partial charge in [-0.2, -0.15) is 0 Å². The molecule has 8 heteroatoms. The Hall–Kier alpha value is -1.89. The number of carbonyl (C=O) groups is 1. The van der Waals surface area contributed by atoms with E-state index in [4.69, 9.17) is 11.6 Å². The molecule has 0 unspecified atom stereocenters. The molecule has 2 heterocycles. The largest absolute Gasteiger partial charge is 0.332 e. The molecule has 0 spiro atoms. The summed E-state index contributed by atoms with van der Waals surface area (Å²) < 4.78 is 4.39. The Bertz CT molecular complexity index is 866. The van der Waals surface area contributed by atoms with Crippen molar-refractivity contribution in [2.45, 2.75) is 57.9 Å². The van der Waals surface area contributed by atoms with Crippen molar-refractivity contribution in [1.82, 2.24) is 18.7 Å². The van der Waals surface area contributed by atoms with E-state index in [0.29, 0.717) is 24.1 Å². The summed E-state index contributed by atoms with van der Waals surface area (Å²) in [5, 5.41) is 0. The summed E-state index contributed by atoms with van der Waals surface area (Å²) in [6.07, 6.45) is 9.10. The predicted octanol–water partition coefficient (Wildman–Crippen LogP) is 2.36. The highest BCUT2D eigenvalue weighted by Gasteiger charge is 2.14. The van der Waals surface area contributed by atoms with Crippen molar-refractivity contribution >= 4 is 28.5 Å². The van der Waals surface area contributed by atoms with Crippen LogP contribution in [0, 0.1) is 0 Å². The molecule has 0 saturated heterocycles. The molecule has 2 aromatic heterocycles. The average molecular weight is 383 g/mol. The maximum absolute atomic E-state index is 12.6. The van der Waals surface area contributed by atoms with Crippen LogP contribution < -0.4 is 11.2 Å². The third-order valence-corrected chi connectivity index (χ3v) is 4.99. The lowest BCUT2D eigenvalue weighted by Crippen LogP contribution is -2.39. The Balaban J connectivity index is 1.78. The van der Waals surface area contributed by atoms with Crippen LogP contribution in [0.2, 0.25) is 0 Å². The number of alkyl halides is 1. The third kappa shape index (κ3) is 4.84. The normalized spacial score (nSPS) is 11.3. The standard InChI is InChI=1S/C18H27ClN4O3/c1-21-13-20-16-15(21)17(25)23(18(26)22(16)2)11-9-7-5-3-4-6-8-10-14(24)12-19/h13H,3-12H2,1-2H3. The number of ketones is 1. The second-order valence-corrected chi connectivity index (χ2v) is 6.99. The van der Waals surface area contributed by atoms with E-state index in [1.54, 1.807) is 25.0 Å². The van der Waals surface area contributed by atoms with Crippen LogP contribution in [-0.4, -0.2) is 30.3 Å². The molecule has 2 rings (SSSR count). The van der Waals surface area contributed by atoms with Crippen LogP contribution in [0.4, 0.5) is 0 Å². The molecule has 0 atom stereocenters. The molecule has 0 amide bonds. The molecular formula is C18H27ClN4O3. The van der Waals surface area contributed by atoms with E-state index in [9.17, 15) is 14.4 Å². The van der Waals surface area contributed by atoms with E-state index in [2.05, 4.69) is 4.98 Å². The molecule has 144 valence electrons. The molecule has 0 bridgehead atoms. The van der Waals surface area contributed by atoms with Gasteiger partial charge in [0.15, 0.2) is 11.2 Å². The van der Waals surface area contributed by atoms with Gasteiger partial charge >= 0.3 is 5.69 Å². The highest BCUT2D eigenvalue weighted by atomic mass is 35.5. The van der Waals surface area contributed by atoms with Gasteiger partial charge in [0.1, 0.15) is 5.78 Å². The maximum atomic E-state index is 12.6. The van der Waals surface area contributed by atoms with Gasteiger partial charge in [-0.15, -0.1) is 11.6 Å². The topological polar surface area (TPSA) is 78.9 Å². The highest BCUT2D eigenvalue weighted by Crippen LogP contribution is 2.10. The molecular weight excluding hydrogens is 356 g/mol. The van der Waals surface area contributed by atoms with Gasteiger partial charge in [0, 0.05) is 27.1 Å². The van der Waals surface area contributed by atoms with E-state index in [-0.39, 0.29) is 22.9 Å². The minimum absolute atomic E-state index is 0.115. The van der Waals surface area contributed by atoms with Crippen molar-refractivity contribution in [2.75, 3.05) is 5.88 Å². The lowest BCUT2D eigenvalue weighted by atomic mass is 10.1. The van der Waals surface area contributed by atoms with Crippen LogP contribution >= 0.6 is 11.6 Å². The summed E-state index contributed by atoms with van der Waals surface area (Å²) in [7, 11) is 3.40. The number of imidazole rings is 1. The number of aryl methyl sites for hydroxylation is 2. The summed E-state index contributed by atoms with van der Waals surface area (Å²) >= 11 is 5.46. The number of rotatable bonds is 11. The first-order chi connectivity index (χ1) is 12.5. The van der Waals surface area contributed by atoms with Gasteiger partial charge in [-0.3, -0.25) is 18.7 Å². The number of hydrogen-bond acceptors (Lipinski definition) is 4. The fraction of sp³-hybridized carbons (Fsp3) is 0.667. The number of nitrogens with zero attached hydrogens (tertiary/aromatic N) is 4. The molecule has 0 aliphatic rings. The maximum Gasteiger partial charge on any atom is 0.332 e. The first kappa shape index (κ1) is 20.4. The Morgan fingerprint density at radius 1 is 1.04 bits per heavy atom. The molecule has 0 N–H and O–H groups in total. The molecule has 0 aromatic carbocycles. The van der Waals surface area contributed by atoms with E-state index < -0.39 is 0 Å². The lowest BCUT2D eigenvalue weighted by Gasteiger charge is -2.08. The van der Waals surface area contributed by atoms with Crippen LogP contribution in [0.15, 0.2) is 15.9 Å². The van der Waals surface area contributed by atoms with Crippen molar-refractivity contribution in [3.8, 4) is 0 Å². The number of hydrogen-bond donors (Lipinski definition) is 0. The zero-order valence-electron chi connectivity index (χ0n) is 15.5. The number of unbranched alkanes of at least 4 members (excludes halogenated alkanes) is 6. The first-order valence-electron chi connectivity index (χ1n) is 9.16. The molecule has 0 aliphatic carbocycles. The minimum Gasteiger partial charge on any atom is -0.328 e. The second kappa shape index (κ2) is 9.71. The smallest absolute Gasteiger partial charge is 0.328 e. The quantitative estimate of drug-likeness (QED) is 0.441. The fourth-order valence-electron chi connectivity index (χ4n) is 3.14. The van der Waals surface area contributed by atoms with E-state index >= 15 is 0 Å². The molecule has 2 aromatic rings. The van der Waals surface area contributed by atoms with Crippen molar-refractivity contribution < 1.29 is 4.79 Å². The predicted molar refractivity (Wildman–Crippen MR) is 103 cm³/mol. The van der Waals surface area contributed by atoms with Gasteiger partial charge in [-0.25, -0.2) is 9.78 Å². The molecule has 26 heavy (non-hydrogen) atoms. The third-order valence-electron chi connectivity index (χ3n) is 4.69. The Morgan fingerprint density at radius 2 is 1.65 bits per heavy atom. The molecule has 7 nitrogen and oxygen atoms in total. The Kier molecular flexibility index (Phi) is 7.63. The Morgan fingerprint density at radius 3 is 2.31 bits per heavy atom. The fourth-order valence-corrected chi connectivity index (χ4v) is 3.27. The number of halogens is 1. The zero-order valence-corrected chi connectivity index (χ0v) is 16.3. The summed E-state index contributed by atoms with van der Waals surface area (Å²) in [6.45, 7) is 0.427. The molecule has 0 saturated carbocycles. The zero-order chi connectivity index (χ0) is 19.1. The number of fused-ring (bicyclic) bond motifs is 1.